The number of nitrogens with zero attached hydrogens (tertiary/aromatic N) is 2. The lowest BCUT2D eigenvalue weighted by molar-refractivity contribution is -0.141. The summed E-state index contributed by atoms with van der Waals surface area (Å²) < 4.78 is 6.96. The van der Waals surface area contributed by atoms with Crippen molar-refractivity contribution in [2.45, 2.75) is 6.54 Å². The Morgan fingerprint density at radius 2 is 1.92 bits per heavy atom. The van der Waals surface area contributed by atoms with Crippen molar-refractivity contribution in [1.29, 1.82) is 0 Å². The highest BCUT2D eigenvalue weighted by Crippen LogP contribution is 2.29. The van der Waals surface area contributed by atoms with E-state index < -0.39 is 11.9 Å². The van der Waals surface area contributed by atoms with Gasteiger partial charge in [-0.3, -0.25) is 9.59 Å². The van der Waals surface area contributed by atoms with Crippen molar-refractivity contribution in [2.24, 2.45) is 4.99 Å². The van der Waals surface area contributed by atoms with E-state index in [0.29, 0.717) is 35.6 Å². The fraction of sp³-hybridized carbons (Fsp3) is 0.118. The summed E-state index contributed by atoms with van der Waals surface area (Å²) in [7, 11) is 1.28. The van der Waals surface area contributed by atoms with Crippen molar-refractivity contribution in [3.8, 4) is 0 Å². The average molecular weight is 430 g/mol. The first-order chi connectivity index (χ1) is 12.4. The number of benzene rings is 2. The van der Waals surface area contributed by atoms with Crippen LogP contribution in [0.25, 0.3) is 10.2 Å². The highest BCUT2D eigenvalue weighted by Gasteiger charge is 2.15. The molecule has 1 amide bonds. The molecule has 0 saturated carbocycles. The largest absolute Gasteiger partial charge is 0.468 e. The Kier molecular flexibility index (Phi) is 5.67. The summed E-state index contributed by atoms with van der Waals surface area (Å²) in [5.74, 6) is -0.979. The standard InChI is InChI=1S/C17H11Cl3N2O3S/c1-25-14(23)8-22-15-12(20)6-11(19)7-13(15)26-17(22)21-16(24)9-3-2-4-10(18)5-9/h2-7H,8H2,1H3. The molecule has 0 atom stereocenters. The molecule has 0 aliphatic rings. The Labute approximate surface area is 167 Å². The first-order valence-electron chi connectivity index (χ1n) is 7.29. The summed E-state index contributed by atoms with van der Waals surface area (Å²) in [5, 5.41) is 1.23. The second-order valence-electron chi connectivity index (χ2n) is 5.21. The van der Waals surface area contributed by atoms with Gasteiger partial charge in [0, 0.05) is 15.6 Å². The molecule has 0 radical (unpaired) electrons. The molecule has 1 aromatic heterocycles. The van der Waals surface area contributed by atoms with Crippen LogP contribution in [0, 0.1) is 0 Å². The van der Waals surface area contributed by atoms with Crippen LogP contribution in [0.1, 0.15) is 10.4 Å². The molecule has 0 bridgehead atoms. The summed E-state index contributed by atoms with van der Waals surface area (Å²) >= 11 is 19.5. The highest BCUT2D eigenvalue weighted by atomic mass is 35.5. The van der Waals surface area contributed by atoms with Crippen LogP contribution in [0.3, 0.4) is 0 Å². The molecule has 0 unspecified atom stereocenters. The van der Waals surface area contributed by atoms with E-state index in [2.05, 4.69) is 4.99 Å². The molecule has 1 heterocycles. The van der Waals surface area contributed by atoms with E-state index >= 15 is 0 Å². The van der Waals surface area contributed by atoms with Crippen LogP contribution in [0.4, 0.5) is 0 Å². The molecule has 9 heteroatoms. The van der Waals surface area contributed by atoms with E-state index in [1.807, 2.05) is 0 Å². The van der Waals surface area contributed by atoms with Gasteiger partial charge in [0.25, 0.3) is 5.91 Å². The lowest BCUT2D eigenvalue weighted by Gasteiger charge is -2.05. The van der Waals surface area contributed by atoms with Gasteiger partial charge in [0.1, 0.15) is 6.54 Å². The molecule has 0 fully saturated rings. The Balaban J connectivity index is 2.20. The number of aromatic nitrogens is 1. The summed E-state index contributed by atoms with van der Waals surface area (Å²) in [6.07, 6.45) is 0. The number of rotatable bonds is 3. The SMILES string of the molecule is COC(=O)Cn1c(=NC(=O)c2cccc(Cl)c2)sc2cc(Cl)cc(Cl)c21. The van der Waals surface area contributed by atoms with Gasteiger partial charge in [0.05, 0.1) is 22.3 Å². The fourth-order valence-electron chi connectivity index (χ4n) is 2.33. The van der Waals surface area contributed by atoms with E-state index in [9.17, 15) is 9.59 Å². The molecule has 0 aliphatic carbocycles. The number of hydrogen-bond acceptors (Lipinski definition) is 4. The van der Waals surface area contributed by atoms with Crippen molar-refractivity contribution >= 4 is 68.2 Å². The van der Waals surface area contributed by atoms with Gasteiger partial charge in [0.15, 0.2) is 4.80 Å². The molecular formula is C17H11Cl3N2O3S. The molecule has 3 rings (SSSR count). The second-order valence-corrected chi connectivity index (χ2v) is 7.50. The minimum atomic E-state index is -0.493. The van der Waals surface area contributed by atoms with Crippen molar-refractivity contribution in [3.63, 3.8) is 0 Å². The first kappa shape index (κ1) is 18.9. The van der Waals surface area contributed by atoms with E-state index in [4.69, 9.17) is 39.5 Å². The zero-order valence-corrected chi connectivity index (χ0v) is 16.4. The number of carbonyl (C=O) groups excluding carboxylic acids is 2. The summed E-state index contributed by atoms with van der Waals surface area (Å²) in [6, 6.07) is 9.72. The molecular weight excluding hydrogens is 419 g/mol. The normalized spacial score (nSPS) is 11.8. The molecule has 0 spiro atoms. The fourth-order valence-corrected chi connectivity index (χ4v) is 4.33. The van der Waals surface area contributed by atoms with Crippen molar-refractivity contribution in [3.05, 3.63) is 61.8 Å². The van der Waals surface area contributed by atoms with Gasteiger partial charge in [-0.25, -0.2) is 0 Å². The quantitative estimate of drug-likeness (QED) is 0.573. The van der Waals surface area contributed by atoms with Gasteiger partial charge < -0.3 is 9.30 Å². The summed E-state index contributed by atoms with van der Waals surface area (Å²) in [4.78, 5) is 28.7. The second kappa shape index (κ2) is 7.80. The van der Waals surface area contributed by atoms with Crippen molar-refractivity contribution < 1.29 is 14.3 Å². The lowest BCUT2D eigenvalue weighted by Crippen LogP contribution is -2.22. The summed E-state index contributed by atoms with van der Waals surface area (Å²) in [5.41, 5.74) is 0.896. The number of halogens is 3. The molecule has 0 N–H and O–H groups in total. The predicted molar refractivity (Wildman–Crippen MR) is 103 cm³/mol. The van der Waals surface area contributed by atoms with Crippen molar-refractivity contribution in [1.82, 2.24) is 4.57 Å². The summed E-state index contributed by atoms with van der Waals surface area (Å²) in [6.45, 7) is -0.139. The van der Waals surface area contributed by atoms with Gasteiger partial charge in [-0.05, 0) is 30.3 Å². The maximum absolute atomic E-state index is 12.5. The number of ether oxygens (including phenoxy) is 1. The molecule has 5 nitrogen and oxygen atoms in total. The molecule has 3 aromatic rings. The van der Waals surface area contributed by atoms with Gasteiger partial charge in [-0.2, -0.15) is 4.99 Å². The van der Waals surface area contributed by atoms with E-state index in [1.54, 1.807) is 30.3 Å². The zero-order valence-electron chi connectivity index (χ0n) is 13.3. The lowest BCUT2D eigenvalue weighted by atomic mass is 10.2. The van der Waals surface area contributed by atoms with Gasteiger partial charge >= 0.3 is 5.97 Å². The van der Waals surface area contributed by atoms with Gasteiger partial charge in [0.2, 0.25) is 0 Å². The Hall–Kier alpha value is -1.86. The molecule has 0 aliphatic heterocycles. The van der Waals surface area contributed by atoms with Crippen LogP contribution in [0.5, 0.6) is 0 Å². The number of carbonyl (C=O) groups is 2. The van der Waals surface area contributed by atoms with Gasteiger partial charge in [-0.15, -0.1) is 0 Å². The van der Waals surface area contributed by atoms with Crippen LogP contribution in [-0.4, -0.2) is 23.6 Å². The van der Waals surface area contributed by atoms with Crippen LogP contribution in [-0.2, 0) is 16.1 Å². The zero-order chi connectivity index (χ0) is 18.8. The van der Waals surface area contributed by atoms with Crippen LogP contribution < -0.4 is 4.80 Å². The van der Waals surface area contributed by atoms with E-state index in [-0.39, 0.29) is 6.54 Å². The monoisotopic (exact) mass is 428 g/mol. The van der Waals surface area contributed by atoms with Crippen LogP contribution >= 0.6 is 46.1 Å². The highest BCUT2D eigenvalue weighted by molar-refractivity contribution is 7.16. The Morgan fingerprint density at radius 1 is 1.15 bits per heavy atom. The molecule has 26 heavy (non-hydrogen) atoms. The van der Waals surface area contributed by atoms with Gasteiger partial charge in [-0.1, -0.05) is 52.2 Å². The first-order valence-corrected chi connectivity index (χ1v) is 9.24. The number of esters is 1. The topological polar surface area (TPSA) is 60.7 Å². The maximum atomic E-state index is 12.5. The number of methoxy groups -OCH3 is 1. The van der Waals surface area contributed by atoms with Crippen LogP contribution in [0.15, 0.2) is 41.4 Å². The molecule has 0 saturated heterocycles. The predicted octanol–water partition coefficient (Wildman–Crippen LogP) is 4.58. The smallest absolute Gasteiger partial charge is 0.325 e. The molecule has 2 aromatic carbocycles. The van der Waals surface area contributed by atoms with E-state index in [0.717, 1.165) is 0 Å². The van der Waals surface area contributed by atoms with Crippen LogP contribution in [0.2, 0.25) is 15.1 Å². The maximum Gasteiger partial charge on any atom is 0.325 e. The third kappa shape index (κ3) is 3.94. The number of thiazole rings is 1. The minimum absolute atomic E-state index is 0.139. The van der Waals surface area contributed by atoms with E-state index in [1.165, 1.54) is 29.1 Å². The Morgan fingerprint density at radius 3 is 2.62 bits per heavy atom. The average Bonchev–Trinajstić information content (AvgIpc) is 2.91. The minimum Gasteiger partial charge on any atom is -0.468 e. The molecule has 134 valence electrons. The third-order valence-electron chi connectivity index (χ3n) is 3.48. The third-order valence-corrected chi connectivity index (χ3v) is 5.25. The Bertz CT molecular complexity index is 1090. The number of fused-ring (bicyclic) bond motifs is 1. The number of amides is 1. The number of hydrogen-bond donors (Lipinski definition) is 0. The van der Waals surface area contributed by atoms with Crippen molar-refractivity contribution in [2.75, 3.05) is 7.11 Å².